The molecule has 2 saturated heterocycles. The number of benzene rings is 1. The van der Waals surface area contributed by atoms with Gasteiger partial charge in [0.25, 0.3) is 6.01 Å². The molecule has 1 aromatic carbocycles. The first-order valence-electron chi connectivity index (χ1n) is 9.85. The monoisotopic (exact) mass is 554 g/mol. The van der Waals surface area contributed by atoms with E-state index in [-0.39, 0.29) is 40.6 Å². The summed E-state index contributed by atoms with van der Waals surface area (Å²) >= 11 is 1.64. The molecular weight excluding hydrogens is 529 g/mol. The van der Waals surface area contributed by atoms with E-state index in [0.717, 1.165) is 6.04 Å². The van der Waals surface area contributed by atoms with E-state index in [1.165, 1.54) is 10.6 Å². The smallest absolute Gasteiger partial charge is 0.299 e. The SMILES string of the molecule is C[Si](C)(C)CCOCn1c(O[C@@H]2CO[C@H]3[C@@H]2OC[C@H]3O)nc2cc(F)c(I)c(F)c21. The Labute approximate surface area is 187 Å². The molecular formula is C19H25F2IN2O5Si. The molecule has 166 valence electrons. The summed E-state index contributed by atoms with van der Waals surface area (Å²) in [5.74, 6) is -1.38. The second kappa shape index (κ2) is 8.58. The van der Waals surface area contributed by atoms with Crippen LogP contribution in [0.1, 0.15) is 0 Å². The molecule has 4 rings (SSSR count). The van der Waals surface area contributed by atoms with Crippen LogP contribution >= 0.6 is 22.6 Å². The molecule has 7 nitrogen and oxygen atoms in total. The average molecular weight is 554 g/mol. The highest BCUT2D eigenvalue weighted by Crippen LogP contribution is 2.33. The molecule has 2 aliphatic rings. The molecule has 0 amide bonds. The lowest BCUT2D eigenvalue weighted by atomic mass is 10.1. The van der Waals surface area contributed by atoms with Crippen molar-refractivity contribution in [3.8, 4) is 6.01 Å². The summed E-state index contributed by atoms with van der Waals surface area (Å²) in [6.07, 6.45) is -2.13. The Morgan fingerprint density at radius 3 is 2.73 bits per heavy atom. The van der Waals surface area contributed by atoms with E-state index in [2.05, 4.69) is 24.6 Å². The summed E-state index contributed by atoms with van der Waals surface area (Å²) in [5.41, 5.74) is 0.281. The molecule has 0 saturated carbocycles. The standard InChI is InChI=1S/C19H25F2IN2O5Si/c1-30(2,3)5-4-26-9-24-16-11(6-10(20)15(22)14(16)21)23-19(24)29-13-8-28-17-12(25)7-27-18(13)17/h6,12-13,17-18,25H,4-5,7-9H2,1-3H3/t12-,13-,17-,18-/m1/s1. The van der Waals surface area contributed by atoms with Crippen LogP contribution in [0.5, 0.6) is 6.01 Å². The van der Waals surface area contributed by atoms with E-state index in [9.17, 15) is 13.9 Å². The largest absolute Gasteiger partial charge is 0.456 e. The Bertz CT molecular complexity index is 938. The van der Waals surface area contributed by atoms with Crippen LogP contribution in [0.3, 0.4) is 0 Å². The van der Waals surface area contributed by atoms with Crippen LogP contribution in [-0.4, -0.2) is 67.0 Å². The highest BCUT2D eigenvalue weighted by Gasteiger charge is 2.49. The number of hydrogen-bond acceptors (Lipinski definition) is 6. The first kappa shape index (κ1) is 22.3. The molecule has 2 aliphatic heterocycles. The number of fused-ring (bicyclic) bond motifs is 2. The zero-order valence-corrected chi connectivity index (χ0v) is 20.2. The fourth-order valence-corrected chi connectivity index (χ4v) is 4.77. The van der Waals surface area contributed by atoms with Gasteiger partial charge in [-0.2, -0.15) is 4.98 Å². The van der Waals surface area contributed by atoms with Gasteiger partial charge in [-0.05, 0) is 28.6 Å². The zero-order chi connectivity index (χ0) is 21.6. The number of imidazole rings is 1. The Morgan fingerprint density at radius 1 is 1.27 bits per heavy atom. The number of aliphatic hydroxyl groups is 1. The molecule has 0 radical (unpaired) electrons. The summed E-state index contributed by atoms with van der Waals surface area (Å²) in [5, 5.41) is 9.92. The highest BCUT2D eigenvalue weighted by molar-refractivity contribution is 14.1. The molecule has 30 heavy (non-hydrogen) atoms. The van der Waals surface area contributed by atoms with Gasteiger partial charge >= 0.3 is 0 Å². The average Bonchev–Trinajstić information content (AvgIpc) is 3.33. The highest BCUT2D eigenvalue weighted by atomic mass is 127. The van der Waals surface area contributed by atoms with Crippen LogP contribution in [0.25, 0.3) is 11.0 Å². The molecule has 1 aromatic heterocycles. The number of nitrogens with zero attached hydrogens (tertiary/aromatic N) is 2. The second-order valence-corrected chi connectivity index (χ2v) is 15.5. The van der Waals surface area contributed by atoms with Crippen molar-refractivity contribution in [2.45, 2.75) is 56.8 Å². The number of rotatable bonds is 7. The van der Waals surface area contributed by atoms with Crippen molar-refractivity contribution in [2.75, 3.05) is 19.8 Å². The van der Waals surface area contributed by atoms with E-state index < -0.39 is 44.1 Å². The molecule has 0 aliphatic carbocycles. The molecule has 0 spiro atoms. The first-order chi connectivity index (χ1) is 14.2. The third-order valence-electron chi connectivity index (χ3n) is 5.29. The fraction of sp³-hybridized carbons (Fsp3) is 0.632. The third kappa shape index (κ3) is 4.37. The molecule has 11 heteroatoms. The lowest BCUT2D eigenvalue weighted by Crippen LogP contribution is -2.35. The van der Waals surface area contributed by atoms with Crippen LogP contribution in [-0.2, 0) is 20.9 Å². The van der Waals surface area contributed by atoms with Gasteiger partial charge in [0.05, 0.1) is 22.3 Å². The van der Waals surface area contributed by atoms with Crippen LogP contribution in [0, 0.1) is 15.2 Å². The predicted molar refractivity (Wildman–Crippen MR) is 116 cm³/mol. The minimum Gasteiger partial charge on any atom is -0.456 e. The summed E-state index contributed by atoms with van der Waals surface area (Å²) in [4.78, 5) is 4.31. The maximum Gasteiger partial charge on any atom is 0.299 e. The van der Waals surface area contributed by atoms with Gasteiger partial charge < -0.3 is 24.1 Å². The van der Waals surface area contributed by atoms with E-state index in [1.54, 1.807) is 22.6 Å². The van der Waals surface area contributed by atoms with Crippen molar-refractivity contribution in [1.82, 2.24) is 9.55 Å². The third-order valence-corrected chi connectivity index (χ3v) is 7.98. The molecule has 0 bridgehead atoms. The van der Waals surface area contributed by atoms with Crippen molar-refractivity contribution in [1.29, 1.82) is 0 Å². The Morgan fingerprint density at radius 2 is 2.00 bits per heavy atom. The number of hydrogen-bond donors (Lipinski definition) is 1. The molecule has 2 fully saturated rings. The van der Waals surface area contributed by atoms with Gasteiger partial charge in [-0.3, -0.25) is 4.57 Å². The quantitative estimate of drug-likeness (QED) is 0.246. The molecule has 4 atom stereocenters. The van der Waals surface area contributed by atoms with Gasteiger partial charge in [0.2, 0.25) is 0 Å². The molecule has 3 heterocycles. The number of aliphatic hydroxyl groups excluding tert-OH is 1. The van der Waals surface area contributed by atoms with Crippen LogP contribution in [0.4, 0.5) is 8.78 Å². The Hall–Kier alpha value is -0.863. The van der Waals surface area contributed by atoms with E-state index in [4.69, 9.17) is 18.9 Å². The van der Waals surface area contributed by atoms with E-state index >= 15 is 0 Å². The van der Waals surface area contributed by atoms with Gasteiger partial charge in [0, 0.05) is 20.7 Å². The maximum atomic E-state index is 14.9. The summed E-state index contributed by atoms with van der Waals surface area (Å²) in [6, 6.07) is 2.25. The number of ether oxygens (including phenoxy) is 4. The Balaban J connectivity index is 1.62. The predicted octanol–water partition coefficient (Wildman–Crippen LogP) is 3.14. The van der Waals surface area contributed by atoms with Gasteiger partial charge in [-0.15, -0.1) is 0 Å². The second-order valence-electron chi connectivity index (χ2n) is 8.84. The van der Waals surface area contributed by atoms with Crippen molar-refractivity contribution >= 4 is 41.7 Å². The lowest BCUT2D eigenvalue weighted by molar-refractivity contribution is 0.00336. The van der Waals surface area contributed by atoms with Crippen molar-refractivity contribution in [2.24, 2.45) is 0 Å². The van der Waals surface area contributed by atoms with Crippen LogP contribution in [0.2, 0.25) is 25.7 Å². The van der Waals surface area contributed by atoms with Crippen molar-refractivity contribution in [3.05, 3.63) is 21.3 Å². The topological polar surface area (TPSA) is 75.0 Å². The number of halogens is 3. The van der Waals surface area contributed by atoms with Crippen molar-refractivity contribution in [3.63, 3.8) is 0 Å². The minimum absolute atomic E-state index is 0.0279. The number of aromatic nitrogens is 2. The molecule has 2 aromatic rings. The van der Waals surface area contributed by atoms with Crippen molar-refractivity contribution < 1.29 is 32.8 Å². The summed E-state index contributed by atoms with van der Waals surface area (Å²) in [7, 11) is -1.29. The summed E-state index contributed by atoms with van der Waals surface area (Å²) in [6.45, 7) is 7.67. The maximum absolute atomic E-state index is 14.9. The van der Waals surface area contributed by atoms with Crippen LogP contribution < -0.4 is 4.74 Å². The van der Waals surface area contributed by atoms with Crippen LogP contribution in [0.15, 0.2) is 6.07 Å². The summed E-state index contributed by atoms with van der Waals surface area (Å²) < 4.78 is 53.4. The zero-order valence-electron chi connectivity index (χ0n) is 17.0. The normalized spacial score (nSPS) is 26.5. The van der Waals surface area contributed by atoms with Gasteiger partial charge in [0.1, 0.15) is 36.4 Å². The lowest BCUT2D eigenvalue weighted by Gasteiger charge is -2.19. The Kier molecular flexibility index (Phi) is 6.39. The van der Waals surface area contributed by atoms with E-state index in [0.29, 0.717) is 6.61 Å². The molecule has 0 unspecified atom stereocenters. The van der Waals surface area contributed by atoms with Gasteiger partial charge in [0.15, 0.2) is 11.9 Å². The first-order valence-corrected chi connectivity index (χ1v) is 14.6. The molecule has 1 N–H and O–H groups in total. The van der Waals surface area contributed by atoms with Gasteiger partial charge in [-0.25, -0.2) is 8.78 Å². The van der Waals surface area contributed by atoms with E-state index in [1.807, 2.05) is 0 Å². The minimum atomic E-state index is -1.29. The fourth-order valence-electron chi connectivity index (χ4n) is 3.60. The van der Waals surface area contributed by atoms with Gasteiger partial charge in [-0.1, -0.05) is 19.6 Å².